The van der Waals surface area contributed by atoms with Crippen molar-refractivity contribution in [2.45, 2.75) is 26.3 Å². The van der Waals surface area contributed by atoms with Gasteiger partial charge in [-0.05, 0) is 37.8 Å². The van der Waals surface area contributed by atoms with E-state index in [1.807, 2.05) is 25.1 Å². The Bertz CT molecular complexity index is 1220. The van der Waals surface area contributed by atoms with E-state index >= 15 is 0 Å². The lowest BCUT2D eigenvalue weighted by atomic mass is 9.96. The molecule has 30 heavy (non-hydrogen) atoms. The van der Waals surface area contributed by atoms with Crippen LogP contribution in [-0.2, 0) is 6.54 Å². The number of pyridine rings is 1. The van der Waals surface area contributed by atoms with Crippen molar-refractivity contribution in [1.29, 1.82) is 0 Å². The van der Waals surface area contributed by atoms with Crippen molar-refractivity contribution in [3.8, 4) is 11.3 Å². The van der Waals surface area contributed by atoms with Gasteiger partial charge in [-0.1, -0.05) is 0 Å². The topological polar surface area (TPSA) is 94.1 Å². The largest absolute Gasteiger partial charge is 0.356 e. The first-order valence-corrected chi connectivity index (χ1v) is 10.1. The van der Waals surface area contributed by atoms with Gasteiger partial charge in [0.25, 0.3) is 11.3 Å². The van der Waals surface area contributed by atoms with Crippen molar-refractivity contribution in [2.24, 2.45) is 5.92 Å². The third kappa shape index (κ3) is 3.54. The standard InChI is InChI=1S/C21H22N8O/c1-15-10-19(29-21(26-15)23-13-25-29)27-8-4-16(5-9-27)12-28-14-24-18(11-20(28)30)17-2-6-22-7-3-17/h2-3,6-7,10-11,13-14,16H,4-5,8-9,12H2,1H3. The molecule has 1 aliphatic heterocycles. The summed E-state index contributed by atoms with van der Waals surface area (Å²) in [5, 5.41) is 4.31. The van der Waals surface area contributed by atoms with Crippen LogP contribution >= 0.6 is 0 Å². The Morgan fingerprint density at radius 3 is 2.67 bits per heavy atom. The van der Waals surface area contributed by atoms with Gasteiger partial charge in [0, 0.05) is 55.4 Å². The van der Waals surface area contributed by atoms with Gasteiger partial charge in [-0.2, -0.15) is 14.6 Å². The van der Waals surface area contributed by atoms with Crippen LogP contribution < -0.4 is 10.5 Å². The first kappa shape index (κ1) is 18.4. The zero-order chi connectivity index (χ0) is 20.5. The van der Waals surface area contributed by atoms with E-state index in [1.54, 1.807) is 33.9 Å². The Balaban J connectivity index is 1.27. The number of aromatic nitrogens is 7. The Hall–Kier alpha value is -3.62. The van der Waals surface area contributed by atoms with Gasteiger partial charge in [-0.25, -0.2) is 9.97 Å². The first-order valence-electron chi connectivity index (χ1n) is 10.1. The number of fused-ring (bicyclic) bond motifs is 1. The van der Waals surface area contributed by atoms with Crippen LogP contribution in [0.1, 0.15) is 18.5 Å². The van der Waals surface area contributed by atoms with Gasteiger partial charge < -0.3 is 4.90 Å². The third-order valence-corrected chi connectivity index (χ3v) is 5.61. The maximum Gasteiger partial charge on any atom is 0.254 e. The predicted octanol–water partition coefficient (Wildman–Crippen LogP) is 1.97. The highest BCUT2D eigenvalue weighted by Gasteiger charge is 2.22. The lowest BCUT2D eigenvalue weighted by Crippen LogP contribution is -2.37. The highest BCUT2D eigenvalue weighted by molar-refractivity contribution is 5.57. The predicted molar refractivity (Wildman–Crippen MR) is 112 cm³/mol. The maximum absolute atomic E-state index is 12.6. The van der Waals surface area contributed by atoms with Gasteiger partial charge in [-0.3, -0.25) is 14.3 Å². The summed E-state index contributed by atoms with van der Waals surface area (Å²) in [6.07, 6.45) is 8.59. The molecule has 0 bridgehead atoms. The summed E-state index contributed by atoms with van der Waals surface area (Å²) in [6, 6.07) is 7.36. The van der Waals surface area contributed by atoms with E-state index in [0.717, 1.165) is 43.0 Å². The SMILES string of the molecule is Cc1cc(N2CCC(Cn3cnc(-c4ccncc4)cc3=O)CC2)n2ncnc2n1. The molecule has 0 N–H and O–H groups in total. The number of hydrogen-bond acceptors (Lipinski definition) is 7. The molecule has 0 unspecified atom stereocenters. The summed E-state index contributed by atoms with van der Waals surface area (Å²) in [5.41, 5.74) is 2.49. The van der Waals surface area contributed by atoms with E-state index in [9.17, 15) is 4.79 Å². The van der Waals surface area contributed by atoms with Crippen LogP contribution in [0.25, 0.3) is 17.0 Å². The second kappa shape index (κ2) is 7.66. The fraction of sp³-hybridized carbons (Fsp3) is 0.333. The minimum absolute atomic E-state index is 0.0201. The normalized spacial score (nSPS) is 15.0. The molecule has 0 aromatic carbocycles. The highest BCUT2D eigenvalue weighted by Crippen LogP contribution is 2.24. The van der Waals surface area contributed by atoms with Crippen molar-refractivity contribution < 1.29 is 0 Å². The van der Waals surface area contributed by atoms with Gasteiger partial charge in [-0.15, -0.1) is 0 Å². The Morgan fingerprint density at radius 1 is 1.10 bits per heavy atom. The van der Waals surface area contributed by atoms with Crippen molar-refractivity contribution in [2.75, 3.05) is 18.0 Å². The minimum atomic E-state index is -0.0201. The molecule has 0 spiro atoms. The second-order valence-electron chi connectivity index (χ2n) is 7.66. The zero-order valence-electron chi connectivity index (χ0n) is 16.7. The van der Waals surface area contributed by atoms with Crippen LogP contribution in [0.15, 0.2) is 54.1 Å². The number of rotatable bonds is 4. The van der Waals surface area contributed by atoms with Gasteiger partial charge >= 0.3 is 0 Å². The summed E-state index contributed by atoms with van der Waals surface area (Å²) in [5.74, 6) is 2.08. The fourth-order valence-corrected chi connectivity index (χ4v) is 4.00. The zero-order valence-corrected chi connectivity index (χ0v) is 16.7. The van der Waals surface area contributed by atoms with Crippen molar-refractivity contribution in [1.82, 2.24) is 34.1 Å². The molecule has 152 valence electrons. The maximum atomic E-state index is 12.6. The monoisotopic (exact) mass is 402 g/mol. The van der Waals surface area contributed by atoms with Gasteiger partial charge in [0.05, 0.1) is 12.0 Å². The van der Waals surface area contributed by atoms with Crippen LogP contribution in [0, 0.1) is 12.8 Å². The molecule has 9 heteroatoms. The third-order valence-electron chi connectivity index (χ3n) is 5.61. The lowest BCUT2D eigenvalue weighted by Gasteiger charge is -2.33. The summed E-state index contributed by atoms with van der Waals surface area (Å²) < 4.78 is 3.51. The summed E-state index contributed by atoms with van der Waals surface area (Å²) in [4.78, 5) is 32.0. The number of hydrogen-bond donors (Lipinski definition) is 0. The van der Waals surface area contributed by atoms with Crippen LogP contribution in [0.5, 0.6) is 0 Å². The molecular formula is C21H22N8O. The van der Waals surface area contributed by atoms with E-state index in [2.05, 4.69) is 29.9 Å². The van der Waals surface area contributed by atoms with Crippen molar-refractivity contribution in [3.05, 3.63) is 65.4 Å². The first-order chi connectivity index (χ1) is 14.7. The molecule has 0 atom stereocenters. The second-order valence-corrected chi connectivity index (χ2v) is 7.66. The molecule has 4 aromatic heterocycles. The average molecular weight is 402 g/mol. The van der Waals surface area contributed by atoms with Gasteiger partial charge in [0.1, 0.15) is 12.1 Å². The fourth-order valence-electron chi connectivity index (χ4n) is 4.00. The molecule has 0 aliphatic carbocycles. The molecular weight excluding hydrogens is 380 g/mol. The van der Waals surface area contributed by atoms with E-state index in [4.69, 9.17) is 0 Å². The molecule has 5 heterocycles. The summed E-state index contributed by atoms with van der Waals surface area (Å²) in [7, 11) is 0. The molecule has 0 saturated carbocycles. The molecule has 4 aromatic rings. The van der Waals surface area contributed by atoms with Crippen LogP contribution in [0.4, 0.5) is 5.82 Å². The summed E-state index contributed by atoms with van der Waals surface area (Å²) >= 11 is 0. The molecule has 1 saturated heterocycles. The number of piperidine rings is 1. The molecule has 0 amide bonds. The Morgan fingerprint density at radius 2 is 1.90 bits per heavy atom. The van der Waals surface area contributed by atoms with Crippen LogP contribution in [0.2, 0.25) is 0 Å². The molecule has 0 radical (unpaired) electrons. The molecule has 9 nitrogen and oxygen atoms in total. The molecule has 1 aliphatic rings. The van der Waals surface area contributed by atoms with E-state index < -0.39 is 0 Å². The quantitative estimate of drug-likeness (QED) is 0.515. The van der Waals surface area contributed by atoms with E-state index in [1.165, 1.54) is 6.33 Å². The van der Waals surface area contributed by atoms with Crippen molar-refractivity contribution in [3.63, 3.8) is 0 Å². The lowest BCUT2D eigenvalue weighted by molar-refractivity contribution is 0.349. The summed E-state index contributed by atoms with van der Waals surface area (Å²) in [6.45, 7) is 4.46. The Kier molecular flexibility index (Phi) is 4.70. The Labute approximate surface area is 173 Å². The highest BCUT2D eigenvalue weighted by atomic mass is 16.1. The van der Waals surface area contributed by atoms with Crippen LogP contribution in [0.3, 0.4) is 0 Å². The van der Waals surface area contributed by atoms with E-state index in [0.29, 0.717) is 23.9 Å². The van der Waals surface area contributed by atoms with E-state index in [-0.39, 0.29) is 5.56 Å². The van der Waals surface area contributed by atoms with Gasteiger partial charge in [0.15, 0.2) is 0 Å². The van der Waals surface area contributed by atoms with Gasteiger partial charge in [0.2, 0.25) is 0 Å². The molecule has 1 fully saturated rings. The molecule has 5 rings (SSSR count). The minimum Gasteiger partial charge on any atom is -0.356 e. The number of nitrogens with zero attached hydrogens (tertiary/aromatic N) is 8. The average Bonchev–Trinajstić information content (AvgIpc) is 3.24. The smallest absolute Gasteiger partial charge is 0.254 e. The van der Waals surface area contributed by atoms with Crippen molar-refractivity contribution >= 4 is 11.6 Å². The number of anilines is 1. The number of aryl methyl sites for hydroxylation is 1. The van der Waals surface area contributed by atoms with Crippen LogP contribution in [-0.4, -0.2) is 47.2 Å².